The quantitative estimate of drug-likeness (QED) is 0.755. The van der Waals surface area contributed by atoms with Crippen molar-refractivity contribution in [3.8, 4) is 0 Å². The maximum atomic E-state index is 10.3. The predicted molar refractivity (Wildman–Crippen MR) is 98.3 cm³/mol. The highest BCUT2D eigenvalue weighted by atomic mass is 16.3. The molecule has 1 aromatic carbocycles. The Morgan fingerprint density at radius 2 is 2.16 bits per heavy atom. The van der Waals surface area contributed by atoms with Crippen molar-refractivity contribution in [2.75, 3.05) is 20.1 Å². The zero-order chi connectivity index (χ0) is 17.6. The van der Waals surface area contributed by atoms with Gasteiger partial charge in [0, 0.05) is 38.5 Å². The Hall–Kier alpha value is -1.76. The minimum atomic E-state index is -0.378. The van der Waals surface area contributed by atoms with Crippen LogP contribution in [-0.2, 0) is 25.9 Å². The molecule has 0 bridgehead atoms. The molecule has 2 N–H and O–H groups in total. The summed E-state index contributed by atoms with van der Waals surface area (Å²) in [5, 5.41) is 18.4. The lowest BCUT2D eigenvalue weighted by molar-refractivity contribution is 0.116. The van der Waals surface area contributed by atoms with Crippen molar-refractivity contribution in [2.45, 2.75) is 51.4 Å². The van der Waals surface area contributed by atoms with Gasteiger partial charge in [0.1, 0.15) is 5.82 Å². The van der Waals surface area contributed by atoms with Gasteiger partial charge >= 0.3 is 0 Å². The van der Waals surface area contributed by atoms with Gasteiger partial charge in [-0.25, -0.2) is 9.67 Å². The smallest absolute Gasteiger partial charge is 0.150 e. The fraction of sp³-hybridized carbons (Fsp3) is 0.579. The maximum absolute atomic E-state index is 10.3. The van der Waals surface area contributed by atoms with Crippen LogP contribution in [0.15, 0.2) is 30.3 Å². The molecule has 0 fully saturated rings. The number of aliphatic hydroxyl groups is 1. The molecule has 2 aromatic rings. The fourth-order valence-electron chi connectivity index (χ4n) is 3.36. The van der Waals surface area contributed by atoms with Crippen LogP contribution in [0.5, 0.6) is 0 Å². The first-order chi connectivity index (χ1) is 12.1. The van der Waals surface area contributed by atoms with Gasteiger partial charge in [0.15, 0.2) is 5.82 Å². The van der Waals surface area contributed by atoms with Crippen molar-refractivity contribution >= 4 is 0 Å². The third-order valence-electron chi connectivity index (χ3n) is 4.68. The molecule has 6 heteroatoms. The van der Waals surface area contributed by atoms with E-state index in [0.29, 0.717) is 19.1 Å². The minimum absolute atomic E-state index is 0.355. The van der Waals surface area contributed by atoms with Crippen LogP contribution >= 0.6 is 0 Å². The highest BCUT2D eigenvalue weighted by molar-refractivity contribution is 5.14. The highest BCUT2D eigenvalue weighted by Crippen LogP contribution is 2.13. The number of hydrogen-bond donors (Lipinski definition) is 2. The molecule has 6 nitrogen and oxygen atoms in total. The van der Waals surface area contributed by atoms with Gasteiger partial charge in [-0.3, -0.25) is 4.90 Å². The third-order valence-corrected chi connectivity index (χ3v) is 4.68. The summed E-state index contributed by atoms with van der Waals surface area (Å²) >= 11 is 0. The monoisotopic (exact) mass is 343 g/mol. The van der Waals surface area contributed by atoms with E-state index in [1.807, 2.05) is 29.9 Å². The zero-order valence-electron chi connectivity index (χ0n) is 15.2. The summed E-state index contributed by atoms with van der Waals surface area (Å²) in [5.41, 5.74) is 1.27. The number of nitrogens with one attached hydrogen (secondary N) is 1. The Kier molecular flexibility index (Phi) is 6.18. The van der Waals surface area contributed by atoms with Crippen LogP contribution in [0.3, 0.4) is 0 Å². The number of aromatic nitrogens is 3. The van der Waals surface area contributed by atoms with Crippen LogP contribution in [0.1, 0.15) is 30.6 Å². The van der Waals surface area contributed by atoms with Gasteiger partial charge < -0.3 is 10.4 Å². The number of aryl methyl sites for hydroxylation is 2. The van der Waals surface area contributed by atoms with Gasteiger partial charge in [0.2, 0.25) is 0 Å². The summed E-state index contributed by atoms with van der Waals surface area (Å²) in [7, 11) is 2.05. The first-order valence-corrected chi connectivity index (χ1v) is 9.20. The molecule has 1 aliphatic heterocycles. The van der Waals surface area contributed by atoms with E-state index in [0.717, 1.165) is 44.0 Å². The van der Waals surface area contributed by atoms with Crippen molar-refractivity contribution in [2.24, 2.45) is 0 Å². The van der Waals surface area contributed by atoms with Crippen LogP contribution in [0.4, 0.5) is 0 Å². The average Bonchev–Trinajstić information content (AvgIpc) is 3.03. The Morgan fingerprint density at radius 3 is 2.92 bits per heavy atom. The summed E-state index contributed by atoms with van der Waals surface area (Å²) in [6.45, 7) is 5.04. The SMILES string of the molecule is CCc1nc2n(n1)C[C@H](NC[C@H](O)CN(C)Cc1ccccc1)CC2. The molecule has 0 amide bonds. The van der Waals surface area contributed by atoms with E-state index >= 15 is 0 Å². The van der Waals surface area contributed by atoms with E-state index in [2.05, 4.69) is 39.4 Å². The van der Waals surface area contributed by atoms with Gasteiger partial charge in [0.05, 0.1) is 12.6 Å². The normalized spacial score (nSPS) is 18.3. The number of benzene rings is 1. The molecule has 0 aliphatic carbocycles. The number of nitrogens with zero attached hydrogens (tertiary/aromatic N) is 4. The van der Waals surface area contributed by atoms with E-state index in [9.17, 15) is 5.11 Å². The first kappa shape index (κ1) is 18.0. The number of aliphatic hydroxyl groups excluding tert-OH is 1. The second kappa shape index (κ2) is 8.56. The minimum Gasteiger partial charge on any atom is -0.390 e. The van der Waals surface area contributed by atoms with Gasteiger partial charge in [0.25, 0.3) is 0 Å². The summed E-state index contributed by atoms with van der Waals surface area (Å²) < 4.78 is 2.02. The van der Waals surface area contributed by atoms with Crippen LogP contribution in [0.25, 0.3) is 0 Å². The summed E-state index contributed by atoms with van der Waals surface area (Å²) in [5.74, 6) is 2.02. The van der Waals surface area contributed by atoms with Crippen molar-refractivity contribution in [3.05, 3.63) is 47.5 Å². The predicted octanol–water partition coefficient (Wildman–Crippen LogP) is 1.24. The molecule has 25 heavy (non-hydrogen) atoms. The van der Waals surface area contributed by atoms with Crippen molar-refractivity contribution in [1.82, 2.24) is 25.0 Å². The summed E-state index contributed by atoms with van der Waals surface area (Å²) in [6.07, 6.45) is 2.50. The molecule has 0 spiro atoms. The number of fused-ring (bicyclic) bond motifs is 1. The molecular formula is C19H29N5O. The van der Waals surface area contributed by atoms with Gasteiger partial charge in [-0.2, -0.15) is 5.10 Å². The first-order valence-electron chi connectivity index (χ1n) is 9.20. The van der Waals surface area contributed by atoms with E-state index in [-0.39, 0.29) is 6.10 Å². The van der Waals surface area contributed by atoms with Crippen LogP contribution < -0.4 is 5.32 Å². The Labute approximate surface area is 149 Å². The fourth-order valence-corrected chi connectivity index (χ4v) is 3.36. The third kappa shape index (κ3) is 5.11. The largest absolute Gasteiger partial charge is 0.390 e. The second-order valence-corrected chi connectivity index (χ2v) is 6.96. The Balaban J connectivity index is 1.41. The lowest BCUT2D eigenvalue weighted by Gasteiger charge is -2.26. The number of likely N-dealkylation sites (N-methyl/N-ethyl adjacent to an activating group) is 1. The molecule has 1 aromatic heterocycles. The van der Waals surface area contributed by atoms with Crippen molar-refractivity contribution in [1.29, 1.82) is 0 Å². The molecule has 2 heterocycles. The molecule has 2 atom stereocenters. The van der Waals surface area contributed by atoms with Crippen LogP contribution in [0, 0.1) is 0 Å². The second-order valence-electron chi connectivity index (χ2n) is 6.96. The molecule has 3 rings (SSSR count). The Bertz CT molecular complexity index is 657. The van der Waals surface area contributed by atoms with Gasteiger partial charge in [-0.05, 0) is 19.0 Å². The number of hydrogen-bond acceptors (Lipinski definition) is 5. The lowest BCUT2D eigenvalue weighted by Crippen LogP contribution is -2.44. The standard InChI is InChI=1S/C19H29N5O/c1-3-18-21-19-10-9-16(13-24(19)22-18)20-11-17(25)14-23(2)12-15-7-5-4-6-8-15/h4-8,16-17,20,25H,3,9-14H2,1-2H3/t16-,17+/m1/s1. The average molecular weight is 343 g/mol. The molecule has 136 valence electrons. The van der Waals surface area contributed by atoms with Crippen molar-refractivity contribution in [3.63, 3.8) is 0 Å². The van der Waals surface area contributed by atoms with Crippen molar-refractivity contribution < 1.29 is 5.11 Å². The van der Waals surface area contributed by atoms with Gasteiger partial charge in [-0.1, -0.05) is 37.3 Å². The highest BCUT2D eigenvalue weighted by Gasteiger charge is 2.21. The van der Waals surface area contributed by atoms with E-state index in [4.69, 9.17) is 0 Å². The molecule has 0 radical (unpaired) electrons. The molecule has 0 saturated heterocycles. The maximum Gasteiger partial charge on any atom is 0.150 e. The summed E-state index contributed by atoms with van der Waals surface area (Å²) in [6, 6.07) is 10.7. The molecular weight excluding hydrogens is 314 g/mol. The molecule has 0 saturated carbocycles. The lowest BCUT2D eigenvalue weighted by atomic mass is 10.1. The van der Waals surface area contributed by atoms with E-state index < -0.39 is 0 Å². The number of rotatable bonds is 8. The van der Waals surface area contributed by atoms with E-state index in [1.165, 1.54) is 5.56 Å². The van der Waals surface area contributed by atoms with Gasteiger partial charge in [-0.15, -0.1) is 0 Å². The Morgan fingerprint density at radius 1 is 1.36 bits per heavy atom. The zero-order valence-corrected chi connectivity index (χ0v) is 15.2. The van der Waals surface area contributed by atoms with Crippen LogP contribution in [0.2, 0.25) is 0 Å². The summed E-state index contributed by atoms with van der Waals surface area (Å²) in [4.78, 5) is 6.70. The van der Waals surface area contributed by atoms with Crippen LogP contribution in [-0.4, -0.2) is 57.1 Å². The molecule has 0 unspecified atom stereocenters. The molecule has 1 aliphatic rings. The topological polar surface area (TPSA) is 66.2 Å². The van der Waals surface area contributed by atoms with E-state index in [1.54, 1.807) is 0 Å².